The first-order chi connectivity index (χ1) is 9.31. The van der Waals surface area contributed by atoms with Crippen LogP contribution in [0.15, 0.2) is 24.3 Å². The van der Waals surface area contributed by atoms with E-state index < -0.39 is 37.0 Å². The molecule has 9 heteroatoms. The van der Waals surface area contributed by atoms with Crippen LogP contribution >= 0.6 is 0 Å². The summed E-state index contributed by atoms with van der Waals surface area (Å²) in [5, 5.41) is 53.2. The zero-order chi connectivity index (χ0) is 16.1. The van der Waals surface area contributed by atoms with E-state index in [2.05, 4.69) is 0 Å². The number of hydrogen-bond donors (Lipinski definition) is 5. The van der Waals surface area contributed by atoms with E-state index in [1.165, 1.54) is 6.08 Å². The molecule has 0 aromatic carbocycles. The Labute approximate surface area is 164 Å². The second-order valence-corrected chi connectivity index (χ2v) is 3.56. The molecule has 0 unspecified atom stereocenters. The third kappa shape index (κ3) is 14.7. The van der Waals surface area contributed by atoms with Gasteiger partial charge < -0.3 is 40.2 Å². The molecule has 8 nitrogen and oxygen atoms in total. The molecule has 0 amide bonds. The van der Waals surface area contributed by atoms with Gasteiger partial charge in [-0.3, -0.25) is 0 Å². The second-order valence-electron chi connectivity index (χ2n) is 3.56. The molecule has 0 rings (SSSR count). The Morgan fingerprint density at radius 3 is 2.00 bits per heavy atom. The van der Waals surface area contributed by atoms with Gasteiger partial charge in [0.15, 0.2) is 6.29 Å². The molecule has 116 valence electrons. The fourth-order valence-electron chi connectivity index (χ4n) is 0.863. The van der Waals surface area contributed by atoms with Crippen molar-refractivity contribution in [2.75, 3.05) is 6.61 Å². The smallest absolute Gasteiger partial charge is 0.545 e. The number of carbonyl (C=O) groups is 2. The van der Waals surface area contributed by atoms with Crippen LogP contribution in [-0.2, 0) is 9.59 Å². The Morgan fingerprint density at radius 2 is 1.67 bits per heavy atom. The number of carbonyl (C=O) groups excluding carboxylic acids is 2. The average molecular weight is 330 g/mol. The summed E-state index contributed by atoms with van der Waals surface area (Å²) in [5.41, 5.74) is 0. The molecule has 0 aliphatic rings. The number of aliphatic hydroxyl groups is 5. The standard InChI is InChI=1S/C6H12O6.C6H8O2.K/c7-1-3(9)5(11)6(12)4(10)2-8;1-2-3-4-5-6(7)8;/h1,3-6,8-12H,2H2;2-5H,1H3,(H,7,8);/q;;+1/p-1/t3-,4+,5+,6+;;/m0../s1. The van der Waals surface area contributed by atoms with Crippen LogP contribution in [0.3, 0.4) is 0 Å². The van der Waals surface area contributed by atoms with Gasteiger partial charge in [-0.2, -0.15) is 0 Å². The van der Waals surface area contributed by atoms with E-state index in [9.17, 15) is 14.7 Å². The van der Waals surface area contributed by atoms with Crippen LogP contribution in [0.1, 0.15) is 6.92 Å². The van der Waals surface area contributed by atoms with Crippen LogP contribution in [0.2, 0.25) is 0 Å². The van der Waals surface area contributed by atoms with Gasteiger partial charge in [-0.25, -0.2) is 0 Å². The van der Waals surface area contributed by atoms with Crippen molar-refractivity contribution in [2.45, 2.75) is 31.3 Å². The monoisotopic (exact) mass is 330 g/mol. The summed E-state index contributed by atoms with van der Waals surface area (Å²) < 4.78 is 0. The first kappa shape index (κ1) is 26.0. The summed E-state index contributed by atoms with van der Waals surface area (Å²) in [7, 11) is 0. The average Bonchev–Trinajstić information content (AvgIpc) is 2.44. The molecular weight excluding hydrogens is 311 g/mol. The molecule has 0 bridgehead atoms. The number of carboxylic acid groups (broad SMARTS) is 1. The van der Waals surface area contributed by atoms with Crippen LogP contribution in [0.5, 0.6) is 0 Å². The van der Waals surface area contributed by atoms with Crippen molar-refractivity contribution in [2.24, 2.45) is 0 Å². The maximum absolute atomic E-state index is 9.90. The van der Waals surface area contributed by atoms with Gasteiger partial charge in [0.05, 0.1) is 12.6 Å². The van der Waals surface area contributed by atoms with Gasteiger partial charge in [-0.1, -0.05) is 18.2 Å². The van der Waals surface area contributed by atoms with E-state index in [1.807, 2.05) is 0 Å². The van der Waals surface area contributed by atoms with Crippen molar-refractivity contribution in [3.63, 3.8) is 0 Å². The molecule has 0 saturated carbocycles. The molecule has 0 aliphatic heterocycles. The summed E-state index contributed by atoms with van der Waals surface area (Å²) in [4.78, 5) is 19.5. The minimum absolute atomic E-state index is 0. The van der Waals surface area contributed by atoms with Crippen LogP contribution in [0.4, 0.5) is 0 Å². The fourth-order valence-corrected chi connectivity index (χ4v) is 0.863. The SMILES string of the molecule is CC=CC=CC(=O)[O-].O=C[C@H](O)[C@@H](O)[C@H](O)[C@H](O)CO.[K+]. The molecule has 0 saturated heterocycles. The number of aliphatic carboxylic acids is 1. The van der Waals surface area contributed by atoms with E-state index in [4.69, 9.17) is 25.5 Å². The van der Waals surface area contributed by atoms with Gasteiger partial charge >= 0.3 is 51.4 Å². The van der Waals surface area contributed by atoms with Crippen LogP contribution in [0, 0.1) is 0 Å². The van der Waals surface area contributed by atoms with Gasteiger partial charge in [0, 0.05) is 0 Å². The topological polar surface area (TPSA) is 158 Å². The van der Waals surface area contributed by atoms with Crippen LogP contribution in [0.25, 0.3) is 0 Å². The van der Waals surface area contributed by atoms with Crippen molar-refractivity contribution in [1.29, 1.82) is 0 Å². The number of aldehydes is 1. The number of carboxylic acids is 1. The van der Waals surface area contributed by atoms with Gasteiger partial charge in [0.2, 0.25) is 0 Å². The van der Waals surface area contributed by atoms with Crippen molar-refractivity contribution >= 4 is 12.3 Å². The summed E-state index contributed by atoms with van der Waals surface area (Å²) in [6.07, 6.45) is -1.10. The fraction of sp³-hybridized carbons (Fsp3) is 0.500. The minimum atomic E-state index is -1.79. The number of rotatable bonds is 7. The zero-order valence-electron chi connectivity index (χ0n) is 11.9. The van der Waals surface area contributed by atoms with Crippen LogP contribution < -0.4 is 56.5 Å². The largest absolute Gasteiger partial charge is 1.00 e. The molecule has 0 aliphatic carbocycles. The molecule has 0 aromatic rings. The maximum Gasteiger partial charge on any atom is 1.00 e. The molecule has 4 atom stereocenters. The molecule has 0 fully saturated rings. The Kier molecular flexibility index (Phi) is 20.3. The summed E-state index contributed by atoms with van der Waals surface area (Å²) in [6, 6.07) is 0. The Balaban J connectivity index is -0.000000317. The molecule has 0 radical (unpaired) electrons. The van der Waals surface area contributed by atoms with E-state index in [1.54, 1.807) is 19.1 Å². The molecule has 0 spiro atoms. The van der Waals surface area contributed by atoms with Crippen molar-refractivity contribution in [1.82, 2.24) is 0 Å². The first-order valence-corrected chi connectivity index (χ1v) is 5.60. The third-order valence-electron chi connectivity index (χ3n) is 1.96. The van der Waals surface area contributed by atoms with Gasteiger partial charge in [0.25, 0.3) is 0 Å². The normalized spacial score (nSPS) is 16.3. The minimum Gasteiger partial charge on any atom is -0.545 e. The van der Waals surface area contributed by atoms with Crippen molar-refractivity contribution in [3.8, 4) is 0 Å². The summed E-state index contributed by atoms with van der Waals surface area (Å²) >= 11 is 0. The Hall–Kier alpha value is 0.0564. The molecule has 21 heavy (non-hydrogen) atoms. The van der Waals surface area contributed by atoms with Crippen molar-refractivity contribution < 1.29 is 91.6 Å². The molecular formula is C12H19KO8. The molecule has 0 heterocycles. The number of aliphatic hydroxyl groups excluding tert-OH is 5. The predicted octanol–water partition coefficient (Wildman–Crippen LogP) is -6.51. The Morgan fingerprint density at radius 1 is 1.14 bits per heavy atom. The Bertz CT molecular complexity index is 331. The van der Waals surface area contributed by atoms with E-state index in [0.29, 0.717) is 0 Å². The van der Waals surface area contributed by atoms with Gasteiger partial charge in [-0.05, 0) is 13.0 Å². The second kappa shape index (κ2) is 16.4. The van der Waals surface area contributed by atoms with E-state index >= 15 is 0 Å². The quantitative estimate of drug-likeness (QED) is 0.133. The van der Waals surface area contributed by atoms with E-state index in [0.717, 1.165) is 6.08 Å². The number of allylic oxidation sites excluding steroid dienone is 3. The third-order valence-corrected chi connectivity index (χ3v) is 1.96. The van der Waals surface area contributed by atoms with Gasteiger partial charge in [0.1, 0.15) is 24.4 Å². The van der Waals surface area contributed by atoms with Crippen LogP contribution in [-0.4, -0.2) is 68.8 Å². The molecule has 5 N–H and O–H groups in total. The summed E-state index contributed by atoms with van der Waals surface area (Å²) in [5.74, 6) is -1.16. The van der Waals surface area contributed by atoms with Crippen molar-refractivity contribution in [3.05, 3.63) is 24.3 Å². The maximum atomic E-state index is 9.90. The summed E-state index contributed by atoms with van der Waals surface area (Å²) in [6.45, 7) is 1.05. The van der Waals surface area contributed by atoms with E-state index in [-0.39, 0.29) is 57.7 Å². The van der Waals surface area contributed by atoms with Gasteiger partial charge in [-0.15, -0.1) is 0 Å². The predicted molar refractivity (Wildman–Crippen MR) is 66.1 cm³/mol. The molecule has 0 aromatic heterocycles. The first-order valence-electron chi connectivity index (χ1n) is 5.60. The zero-order valence-corrected chi connectivity index (χ0v) is 15.0. The number of hydrogen-bond acceptors (Lipinski definition) is 8.